The lowest BCUT2D eigenvalue weighted by Crippen LogP contribution is -2.39. The van der Waals surface area contributed by atoms with Crippen LogP contribution >= 0.6 is 0 Å². The molecule has 0 radical (unpaired) electrons. The first-order valence-electron chi connectivity index (χ1n) is 9.15. The summed E-state index contributed by atoms with van der Waals surface area (Å²) >= 11 is 0. The fourth-order valence-corrected chi connectivity index (χ4v) is 3.73. The van der Waals surface area contributed by atoms with Crippen molar-refractivity contribution >= 4 is 16.9 Å². The molecule has 2 aromatic heterocycles. The lowest BCUT2D eigenvalue weighted by Gasteiger charge is -2.32. The summed E-state index contributed by atoms with van der Waals surface area (Å²) in [5.41, 5.74) is 1.36. The second kappa shape index (κ2) is 7.26. The number of para-hydroxylation sites is 2. The minimum Gasteiger partial charge on any atom is -0.339 e. The molecular weight excluding hydrogens is 369 g/mol. The molecule has 0 atom stereocenters. The summed E-state index contributed by atoms with van der Waals surface area (Å²) in [6, 6.07) is 10.1. The van der Waals surface area contributed by atoms with Crippen molar-refractivity contribution in [1.82, 2.24) is 19.4 Å². The van der Waals surface area contributed by atoms with Crippen LogP contribution in [0.5, 0.6) is 0 Å². The van der Waals surface area contributed by atoms with Gasteiger partial charge in [0.15, 0.2) is 0 Å². The standard InChI is InChI=1S/C20H19F3N4O/c21-20(22,23)19-25-16-5-1-2-6-17(16)27(19)13-14-7-10-26(11-8-14)18(28)15-4-3-9-24-12-15/h1-6,9,12,14H,7-8,10-11,13H2. The molecule has 5 nitrogen and oxygen atoms in total. The van der Waals surface area contributed by atoms with Crippen molar-refractivity contribution in [2.75, 3.05) is 13.1 Å². The van der Waals surface area contributed by atoms with E-state index in [0.29, 0.717) is 42.5 Å². The first kappa shape index (κ1) is 18.5. The second-order valence-electron chi connectivity index (χ2n) is 7.01. The maximum absolute atomic E-state index is 13.5. The summed E-state index contributed by atoms with van der Waals surface area (Å²) in [5, 5.41) is 0. The van der Waals surface area contributed by atoms with Crippen molar-refractivity contribution < 1.29 is 18.0 Å². The largest absolute Gasteiger partial charge is 0.449 e. The van der Waals surface area contributed by atoms with Crippen LogP contribution in [0.1, 0.15) is 29.0 Å². The van der Waals surface area contributed by atoms with Gasteiger partial charge in [-0.05, 0) is 43.0 Å². The number of aromatic nitrogens is 3. The number of amides is 1. The van der Waals surface area contributed by atoms with Gasteiger partial charge in [0.25, 0.3) is 5.91 Å². The molecule has 0 bridgehead atoms. The number of piperidine rings is 1. The minimum absolute atomic E-state index is 0.0525. The Kier molecular flexibility index (Phi) is 4.78. The first-order valence-corrected chi connectivity index (χ1v) is 9.15. The zero-order valence-corrected chi connectivity index (χ0v) is 15.1. The SMILES string of the molecule is O=C(c1cccnc1)N1CCC(Cn2c(C(F)(F)F)nc3ccccc32)CC1. The van der Waals surface area contributed by atoms with Gasteiger partial charge in [-0.15, -0.1) is 0 Å². The van der Waals surface area contributed by atoms with Crippen LogP contribution in [0.15, 0.2) is 48.8 Å². The third-order valence-corrected chi connectivity index (χ3v) is 5.16. The molecule has 8 heteroatoms. The summed E-state index contributed by atoms with van der Waals surface area (Å²) in [5.74, 6) is -0.894. The van der Waals surface area contributed by atoms with Crippen molar-refractivity contribution in [1.29, 1.82) is 0 Å². The number of hydrogen-bond acceptors (Lipinski definition) is 3. The lowest BCUT2D eigenvalue weighted by atomic mass is 9.96. The maximum Gasteiger partial charge on any atom is 0.449 e. The lowest BCUT2D eigenvalue weighted by molar-refractivity contribution is -0.147. The van der Waals surface area contributed by atoms with E-state index in [2.05, 4.69) is 9.97 Å². The molecule has 0 saturated carbocycles. The number of fused-ring (bicyclic) bond motifs is 1. The van der Waals surface area contributed by atoms with Gasteiger partial charge >= 0.3 is 6.18 Å². The number of benzene rings is 1. The molecule has 3 heterocycles. The fourth-order valence-electron chi connectivity index (χ4n) is 3.73. The van der Waals surface area contributed by atoms with Gasteiger partial charge in [-0.25, -0.2) is 4.98 Å². The molecule has 28 heavy (non-hydrogen) atoms. The van der Waals surface area contributed by atoms with Crippen LogP contribution < -0.4 is 0 Å². The van der Waals surface area contributed by atoms with Gasteiger partial charge in [-0.1, -0.05) is 12.1 Å². The first-order chi connectivity index (χ1) is 13.4. The number of carbonyl (C=O) groups is 1. The van der Waals surface area contributed by atoms with Gasteiger partial charge < -0.3 is 9.47 Å². The molecule has 1 amide bonds. The molecule has 1 aliphatic heterocycles. The Morgan fingerprint density at radius 3 is 2.54 bits per heavy atom. The number of likely N-dealkylation sites (tertiary alicyclic amines) is 1. The monoisotopic (exact) mass is 388 g/mol. The molecule has 1 saturated heterocycles. The molecule has 0 unspecified atom stereocenters. The third kappa shape index (κ3) is 3.58. The predicted octanol–water partition coefficient (Wildman–Crippen LogP) is 4.00. The Morgan fingerprint density at radius 2 is 1.86 bits per heavy atom. The number of pyridine rings is 1. The van der Waals surface area contributed by atoms with E-state index in [-0.39, 0.29) is 18.4 Å². The smallest absolute Gasteiger partial charge is 0.339 e. The zero-order chi connectivity index (χ0) is 19.7. The Hall–Kier alpha value is -2.90. The maximum atomic E-state index is 13.5. The van der Waals surface area contributed by atoms with Gasteiger partial charge in [0.2, 0.25) is 5.82 Å². The van der Waals surface area contributed by atoms with E-state index in [1.807, 2.05) is 0 Å². The van der Waals surface area contributed by atoms with Gasteiger partial charge in [-0.2, -0.15) is 13.2 Å². The van der Waals surface area contributed by atoms with Crippen LogP contribution in [0.3, 0.4) is 0 Å². The fraction of sp³-hybridized carbons (Fsp3) is 0.350. The van der Waals surface area contributed by atoms with Crippen LogP contribution in [0.25, 0.3) is 11.0 Å². The van der Waals surface area contributed by atoms with E-state index < -0.39 is 12.0 Å². The van der Waals surface area contributed by atoms with Crippen LogP contribution in [0, 0.1) is 5.92 Å². The predicted molar refractivity (Wildman–Crippen MR) is 97.6 cm³/mol. The van der Waals surface area contributed by atoms with E-state index in [0.717, 1.165) is 0 Å². The molecule has 0 spiro atoms. The highest BCUT2D eigenvalue weighted by atomic mass is 19.4. The normalized spacial score (nSPS) is 15.9. The molecule has 146 valence electrons. The Morgan fingerprint density at radius 1 is 1.11 bits per heavy atom. The van der Waals surface area contributed by atoms with Crippen molar-refractivity contribution in [3.63, 3.8) is 0 Å². The summed E-state index contributed by atoms with van der Waals surface area (Å²) in [7, 11) is 0. The van der Waals surface area contributed by atoms with Gasteiger partial charge in [0, 0.05) is 32.0 Å². The number of hydrogen-bond donors (Lipinski definition) is 0. The molecule has 0 aliphatic carbocycles. The van der Waals surface area contributed by atoms with Crippen molar-refractivity contribution in [2.45, 2.75) is 25.6 Å². The summed E-state index contributed by atoms with van der Waals surface area (Å²) in [6.07, 6.45) is -0.0695. The van der Waals surface area contributed by atoms with E-state index in [4.69, 9.17) is 0 Å². The molecule has 1 aromatic carbocycles. The molecule has 0 N–H and O–H groups in total. The highest BCUT2D eigenvalue weighted by Crippen LogP contribution is 2.33. The average Bonchev–Trinajstić information content (AvgIpc) is 3.08. The third-order valence-electron chi connectivity index (χ3n) is 5.16. The number of carbonyl (C=O) groups excluding carboxylic acids is 1. The Bertz CT molecular complexity index is 976. The summed E-state index contributed by atoms with van der Waals surface area (Å²) in [6.45, 7) is 1.28. The highest BCUT2D eigenvalue weighted by molar-refractivity contribution is 5.93. The van der Waals surface area contributed by atoms with E-state index in [1.54, 1.807) is 47.5 Å². The number of imidazole rings is 1. The average molecular weight is 388 g/mol. The number of rotatable bonds is 3. The van der Waals surface area contributed by atoms with E-state index in [9.17, 15) is 18.0 Å². The molecule has 3 aromatic rings. The van der Waals surface area contributed by atoms with Crippen molar-refractivity contribution in [3.05, 3.63) is 60.2 Å². The highest BCUT2D eigenvalue weighted by Gasteiger charge is 2.38. The minimum atomic E-state index is -4.50. The Balaban J connectivity index is 1.49. The van der Waals surface area contributed by atoms with Gasteiger partial charge in [-0.3, -0.25) is 9.78 Å². The topological polar surface area (TPSA) is 51.0 Å². The van der Waals surface area contributed by atoms with Crippen LogP contribution in [-0.4, -0.2) is 38.4 Å². The molecular formula is C20H19F3N4O. The van der Waals surface area contributed by atoms with Crippen molar-refractivity contribution in [3.8, 4) is 0 Å². The Labute approximate surface area is 159 Å². The summed E-state index contributed by atoms with van der Waals surface area (Å²) in [4.78, 5) is 22.0. The molecule has 1 fully saturated rings. The summed E-state index contributed by atoms with van der Waals surface area (Å²) < 4.78 is 41.6. The van der Waals surface area contributed by atoms with Gasteiger partial charge in [0.05, 0.1) is 16.6 Å². The number of alkyl halides is 3. The molecule has 4 rings (SSSR count). The number of halogens is 3. The van der Waals surface area contributed by atoms with Crippen LogP contribution in [0.2, 0.25) is 0 Å². The van der Waals surface area contributed by atoms with Gasteiger partial charge in [0.1, 0.15) is 0 Å². The zero-order valence-electron chi connectivity index (χ0n) is 15.1. The second-order valence-corrected chi connectivity index (χ2v) is 7.01. The van der Waals surface area contributed by atoms with Crippen molar-refractivity contribution in [2.24, 2.45) is 5.92 Å². The number of nitrogens with zero attached hydrogens (tertiary/aromatic N) is 4. The quantitative estimate of drug-likeness (QED) is 0.681. The van der Waals surface area contributed by atoms with Crippen LogP contribution in [0.4, 0.5) is 13.2 Å². The van der Waals surface area contributed by atoms with E-state index in [1.165, 1.54) is 10.8 Å². The molecule has 1 aliphatic rings. The van der Waals surface area contributed by atoms with E-state index >= 15 is 0 Å². The van der Waals surface area contributed by atoms with Crippen LogP contribution in [-0.2, 0) is 12.7 Å².